The van der Waals surface area contributed by atoms with Gasteiger partial charge < -0.3 is 9.30 Å². The molecule has 1 saturated heterocycles. The monoisotopic (exact) mass is 243 g/mol. The van der Waals surface area contributed by atoms with Crippen molar-refractivity contribution in [1.82, 2.24) is 14.5 Å². The Morgan fingerprint density at radius 1 is 1.47 bits per heavy atom. The van der Waals surface area contributed by atoms with Crippen molar-refractivity contribution in [3.63, 3.8) is 0 Å². The standard InChI is InChI=1S/C10H8F3N3O/c11-10(12,13)9-15-7-2-1-3-14-8(7)16(9)4-6-5-17-6/h1-3,6H,4-5H2. The Hall–Kier alpha value is -1.63. The van der Waals surface area contributed by atoms with Gasteiger partial charge in [-0.2, -0.15) is 13.2 Å². The largest absolute Gasteiger partial charge is 0.449 e. The van der Waals surface area contributed by atoms with E-state index in [1.807, 2.05) is 0 Å². The summed E-state index contributed by atoms with van der Waals surface area (Å²) < 4.78 is 44.4. The summed E-state index contributed by atoms with van der Waals surface area (Å²) >= 11 is 0. The van der Waals surface area contributed by atoms with Crippen LogP contribution in [0.1, 0.15) is 5.82 Å². The summed E-state index contributed by atoms with van der Waals surface area (Å²) in [5.41, 5.74) is 0.496. The minimum Gasteiger partial charge on any atom is -0.371 e. The van der Waals surface area contributed by atoms with Crippen molar-refractivity contribution in [1.29, 1.82) is 0 Å². The van der Waals surface area contributed by atoms with Gasteiger partial charge in [0.2, 0.25) is 5.82 Å². The van der Waals surface area contributed by atoms with Crippen LogP contribution in [0.15, 0.2) is 18.3 Å². The van der Waals surface area contributed by atoms with Crippen molar-refractivity contribution >= 4 is 11.2 Å². The first-order valence-electron chi connectivity index (χ1n) is 5.06. The average Bonchev–Trinajstić information content (AvgIpc) is 2.98. The van der Waals surface area contributed by atoms with Crippen molar-refractivity contribution < 1.29 is 17.9 Å². The number of alkyl halides is 3. The van der Waals surface area contributed by atoms with Crippen LogP contribution in [0.4, 0.5) is 13.2 Å². The summed E-state index contributed by atoms with van der Waals surface area (Å²) in [6.07, 6.45) is -3.18. The van der Waals surface area contributed by atoms with Crippen LogP contribution in [0.2, 0.25) is 0 Å². The Morgan fingerprint density at radius 2 is 2.24 bits per heavy atom. The molecule has 17 heavy (non-hydrogen) atoms. The maximum absolute atomic E-state index is 12.8. The predicted molar refractivity (Wildman–Crippen MR) is 52.3 cm³/mol. The number of rotatable bonds is 2. The lowest BCUT2D eigenvalue weighted by Crippen LogP contribution is -2.17. The Kier molecular flexibility index (Phi) is 2.12. The van der Waals surface area contributed by atoms with Gasteiger partial charge in [-0.25, -0.2) is 9.97 Å². The molecule has 0 aliphatic carbocycles. The number of hydrogen-bond acceptors (Lipinski definition) is 3. The van der Waals surface area contributed by atoms with Gasteiger partial charge in [-0.15, -0.1) is 0 Å². The molecule has 0 amide bonds. The van der Waals surface area contributed by atoms with Crippen LogP contribution in [-0.2, 0) is 17.5 Å². The van der Waals surface area contributed by atoms with Gasteiger partial charge in [0.15, 0.2) is 5.65 Å². The Bertz CT molecular complexity index is 559. The van der Waals surface area contributed by atoms with Gasteiger partial charge in [-0.3, -0.25) is 0 Å². The molecule has 0 aromatic carbocycles. The second-order valence-electron chi connectivity index (χ2n) is 3.85. The summed E-state index contributed by atoms with van der Waals surface area (Å²) in [4.78, 5) is 7.53. The van der Waals surface area contributed by atoms with Crippen LogP contribution in [0.25, 0.3) is 11.2 Å². The molecular formula is C10H8F3N3O. The molecule has 3 rings (SSSR count). The van der Waals surface area contributed by atoms with E-state index in [2.05, 4.69) is 9.97 Å². The van der Waals surface area contributed by atoms with Gasteiger partial charge in [0, 0.05) is 6.20 Å². The molecule has 4 nitrogen and oxygen atoms in total. The van der Waals surface area contributed by atoms with Gasteiger partial charge in [0.1, 0.15) is 5.52 Å². The van der Waals surface area contributed by atoms with Gasteiger partial charge in [-0.05, 0) is 12.1 Å². The maximum Gasteiger partial charge on any atom is 0.449 e. The summed E-state index contributed by atoms with van der Waals surface area (Å²) in [5, 5.41) is 0. The zero-order valence-corrected chi connectivity index (χ0v) is 8.61. The molecular weight excluding hydrogens is 235 g/mol. The minimum atomic E-state index is -4.48. The van der Waals surface area contributed by atoms with Gasteiger partial charge in [-0.1, -0.05) is 0 Å². The van der Waals surface area contributed by atoms with Crippen LogP contribution in [0, 0.1) is 0 Å². The number of nitrogens with zero attached hydrogens (tertiary/aromatic N) is 3. The van der Waals surface area contributed by atoms with E-state index in [0.29, 0.717) is 6.61 Å². The smallest absolute Gasteiger partial charge is 0.371 e. The highest BCUT2D eigenvalue weighted by atomic mass is 19.4. The number of fused-ring (bicyclic) bond motifs is 1. The molecule has 1 aliphatic rings. The Balaban J connectivity index is 2.17. The summed E-state index contributed by atoms with van der Waals surface area (Å²) in [5.74, 6) is -0.915. The second-order valence-corrected chi connectivity index (χ2v) is 3.85. The van der Waals surface area contributed by atoms with E-state index in [1.165, 1.54) is 12.3 Å². The molecule has 90 valence electrons. The SMILES string of the molecule is FC(F)(F)c1nc2cccnc2n1CC1CO1. The molecule has 0 radical (unpaired) electrons. The fourth-order valence-electron chi connectivity index (χ4n) is 1.72. The van der Waals surface area contributed by atoms with E-state index < -0.39 is 12.0 Å². The zero-order valence-electron chi connectivity index (χ0n) is 8.61. The van der Waals surface area contributed by atoms with Crippen molar-refractivity contribution in [3.05, 3.63) is 24.2 Å². The van der Waals surface area contributed by atoms with Crippen LogP contribution >= 0.6 is 0 Å². The number of pyridine rings is 1. The summed E-state index contributed by atoms with van der Waals surface area (Å²) in [6, 6.07) is 3.08. The summed E-state index contributed by atoms with van der Waals surface area (Å²) in [6.45, 7) is 0.631. The highest BCUT2D eigenvalue weighted by molar-refractivity contribution is 5.71. The predicted octanol–water partition coefficient (Wildman–Crippen LogP) is 1.85. The molecule has 1 fully saturated rings. The number of epoxide rings is 1. The first-order valence-corrected chi connectivity index (χ1v) is 5.06. The third-order valence-electron chi connectivity index (χ3n) is 2.55. The Labute approximate surface area is 94.0 Å². The van der Waals surface area contributed by atoms with Crippen LogP contribution in [-0.4, -0.2) is 27.2 Å². The van der Waals surface area contributed by atoms with E-state index in [9.17, 15) is 13.2 Å². The third kappa shape index (κ3) is 1.86. The van der Waals surface area contributed by atoms with Crippen LogP contribution in [0.3, 0.4) is 0 Å². The number of hydrogen-bond donors (Lipinski definition) is 0. The number of aromatic nitrogens is 3. The third-order valence-corrected chi connectivity index (χ3v) is 2.55. The van der Waals surface area contributed by atoms with Crippen molar-refractivity contribution in [2.75, 3.05) is 6.61 Å². The van der Waals surface area contributed by atoms with Crippen molar-refractivity contribution in [2.24, 2.45) is 0 Å². The number of imidazole rings is 1. The van der Waals surface area contributed by atoms with E-state index in [0.717, 1.165) is 4.57 Å². The molecule has 0 N–H and O–H groups in total. The summed E-state index contributed by atoms with van der Waals surface area (Å²) in [7, 11) is 0. The molecule has 2 aromatic rings. The van der Waals surface area contributed by atoms with Crippen LogP contribution in [0.5, 0.6) is 0 Å². The molecule has 7 heteroatoms. The van der Waals surface area contributed by atoms with E-state index >= 15 is 0 Å². The van der Waals surface area contributed by atoms with Crippen molar-refractivity contribution in [2.45, 2.75) is 18.8 Å². The van der Waals surface area contributed by atoms with Crippen molar-refractivity contribution in [3.8, 4) is 0 Å². The lowest BCUT2D eigenvalue weighted by Gasteiger charge is -2.08. The normalized spacial score (nSPS) is 19.8. The average molecular weight is 243 g/mol. The Morgan fingerprint density at radius 3 is 2.88 bits per heavy atom. The van der Waals surface area contributed by atoms with Crippen LogP contribution < -0.4 is 0 Å². The molecule has 0 saturated carbocycles. The minimum absolute atomic E-state index is 0.141. The number of halogens is 3. The molecule has 1 unspecified atom stereocenters. The van der Waals surface area contributed by atoms with Gasteiger partial charge >= 0.3 is 6.18 Å². The molecule has 3 heterocycles. The van der Waals surface area contributed by atoms with Gasteiger partial charge in [0.05, 0.1) is 19.3 Å². The fraction of sp³-hybridized carbons (Fsp3) is 0.400. The van der Waals surface area contributed by atoms with E-state index in [-0.39, 0.29) is 23.8 Å². The lowest BCUT2D eigenvalue weighted by atomic mass is 10.4. The molecule has 1 aliphatic heterocycles. The topological polar surface area (TPSA) is 43.2 Å². The molecule has 0 spiro atoms. The molecule has 2 aromatic heterocycles. The number of ether oxygens (including phenoxy) is 1. The van der Waals surface area contributed by atoms with E-state index in [1.54, 1.807) is 6.07 Å². The maximum atomic E-state index is 12.8. The quantitative estimate of drug-likeness (QED) is 0.756. The lowest BCUT2D eigenvalue weighted by molar-refractivity contribution is -0.147. The zero-order chi connectivity index (χ0) is 12.0. The van der Waals surface area contributed by atoms with Gasteiger partial charge in [0.25, 0.3) is 0 Å². The molecule has 1 atom stereocenters. The highest BCUT2D eigenvalue weighted by Crippen LogP contribution is 2.31. The molecule has 0 bridgehead atoms. The highest BCUT2D eigenvalue weighted by Gasteiger charge is 2.39. The first-order chi connectivity index (χ1) is 8.05. The fourth-order valence-corrected chi connectivity index (χ4v) is 1.72. The second kappa shape index (κ2) is 3.43. The van der Waals surface area contributed by atoms with E-state index in [4.69, 9.17) is 4.74 Å². The first kappa shape index (κ1) is 10.5.